The zero-order valence-electron chi connectivity index (χ0n) is 11.3. The van der Waals surface area contributed by atoms with Crippen molar-refractivity contribution in [3.05, 3.63) is 50.4 Å². The highest BCUT2D eigenvalue weighted by molar-refractivity contribution is 6.31. The number of rotatable bonds is 2. The number of hydrogen-bond donors (Lipinski definition) is 2. The van der Waals surface area contributed by atoms with Crippen LogP contribution in [0.2, 0.25) is 5.02 Å². The van der Waals surface area contributed by atoms with Crippen molar-refractivity contribution in [3.63, 3.8) is 0 Å². The van der Waals surface area contributed by atoms with Gasteiger partial charge in [-0.15, -0.1) is 0 Å². The third-order valence-electron chi connectivity index (χ3n) is 3.63. The van der Waals surface area contributed by atoms with E-state index in [0.717, 1.165) is 48.2 Å². The molecule has 0 spiro atoms. The second-order valence-electron chi connectivity index (χ2n) is 5.14. The van der Waals surface area contributed by atoms with Crippen LogP contribution in [0.5, 0.6) is 0 Å². The van der Waals surface area contributed by atoms with Crippen LogP contribution in [-0.4, -0.2) is 9.97 Å². The number of anilines is 2. The van der Waals surface area contributed by atoms with Crippen molar-refractivity contribution in [3.8, 4) is 0 Å². The van der Waals surface area contributed by atoms with Crippen LogP contribution in [-0.2, 0) is 12.8 Å². The molecule has 104 valence electrons. The van der Waals surface area contributed by atoms with E-state index in [9.17, 15) is 4.79 Å². The molecule has 1 aromatic heterocycles. The minimum atomic E-state index is -0.0320. The Morgan fingerprint density at radius 1 is 1.30 bits per heavy atom. The highest BCUT2D eigenvalue weighted by Gasteiger charge is 2.15. The number of aromatic nitrogens is 2. The van der Waals surface area contributed by atoms with E-state index in [1.165, 1.54) is 0 Å². The number of fused-ring (bicyclic) bond motifs is 1. The zero-order valence-corrected chi connectivity index (χ0v) is 12.0. The van der Waals surface area contributed by atoms with Crippen LogP contribution in [0.1, 0.15) is 29.7 Å². The largest absolute Gasteiger partial charge is 0.326 e. The molecule has 20 heavy (non-hydrogen) atoms. The van der Waals surface area contributed by atoms with Crippen molar-refractivity contribution in [2.75, 3.05) is 5.32 Å². The molecule has 0 amide bonds. The number of hydrogen-bond acceptors (Lipinski definition) is 3. The van der Waals surface area contributed by atoms with Gasteiger partial charge in [-0.2, -0.15) is 0 Å². The predicted molar refractivity (Wildman–Crippen MR) is 81.0 cm³/mol. The molecule has 0 aliphatic heterocycles. The number of nitrogens with one attached hydrogen (secondary N) is 2. The molecule has 5 heteroatoms. The zero-order chi connectivity index (χ0) is 14.1. The Morgan fingerprint density at radius 2 is 2.10 bits per heavy atom. The highest BCUT2D eigenvalue weighted by atomic mass is 35.5. The SMILES string of the molecule is Cc1ccc(Nc2nc3c(c(=O)[nH]2)CCCC3)cc1Cl. The monoisotopic (exact) mass is 289 g/mol. The molecule has 0 unspecified atom stereocenters. The summed E-state index contributed by atoms with van der Waals surface area (Å²) in [7, 11) is 0. The van der Waals surface area contributed by atoms with Crippen LogP contribution >= 0.6 is 11.6 Å². The fourth-order valence-corrected chi connectivity index (χ4v) is 2.65. The fourth-order valence-electron chi connectivity index (χ4n) is 2.47. The lowest BCUT2D eigenvalue weighted by atomic mass is 9.97. The number of aryl methyl sites for hydroxylation is 2. The van der Waals surface area contributed by atoms with E-state index in [0.29, 0.717) is 11.0 Å². The molecule has 0 bridgehead atoms. The van der Waals surface area contributed by atoms with Gasteiger partial charge < -0.3 is 5.32 Å². The van der Waals surface area contributed by atoms with E-state index in [2.05, 4.69) is 15.3 Å². The number of aromatic amines is 1. The summed E-state index contributed by atoms with van der Waals surface area (Å²) in [5.74, 6) is 0.482. The lowest BCUT2D eigenvalue weighted by Gasteiger charge is -2.15. The minimum Gasteiger partial charge on any atom is -0.326 e. The van der Waals surface area contributed by atoms with E-state index in [1.807, 2.05) is 25.1 Å². The van der Waals surface area contributed by atoms with Crippen molar-refractivity contribution in [1.29, 1.82) is 0 Å². The molecule has 2 N–H and O–H groups in total. The van der Waals surface area contributed by atoms with Gasteiger partial charge in [0, 0.05) is 16.3 Å². The van der Waals surface area contributed by atoms with E-state index < -0.39 is 0 Å². The first-order valence-electron chi connectivity index (χ1n) is 6.79. The van der Waals surface area contributed by atoms with Gasteiger partial charge in [0.25, 0.3) is 5.56 Å². The third-order valence-corrected chi connectivity index (χ3v) is 4.03. The lowest BCUT2D eigenvalue weighted by molar-refractivity contribution is 0.658. The van der Waals surface area contributed by atoms with Gasteiger partial charge >= 0.3 is 0 Å². The Labute approximate surface area is 122 Å². The molecule has 1 aliphatic rings. The molecule has 0 saturated carbocycles. The molecular formula is C15H16ClN3O. The van der Waals surface area contributed by atoms with E-state index in [4.69, 9.17) is 11.6 Å². The van der Waals surface area contributed by atoms with Crippen LogP contribution in [0.3, 0.4) is 0 Å². The Balaban J connectivity index is 1.93. The Kier molecular flexibility index (Phi) is 3.49. The molecule has 0 saturated heterocycles. The average Bonchev–Trinajstić information content (AvgIpc) is 2.43. The van der Waals surface area contributed by atoms with E-state index in [-0.39, 0.29) is 5.56 Å². The van der Waals surface area contributed by atoms with Gasteiger partial charge in [-0.05, 0) is 50.3 Å². The summed E-state index contributed by atoms with van der Waals surface area (Å²) in [6, 6.07) is 5.68. The Morgan fingerprint density at radius 3 is 2.90 bits per heavy atom. The van der Waals surface area contributed by atoms with Crippen molar-refractivity contribution in [2.45, 2.75) is 32.6 Å². The van der Waals surface area contributed by atoms with Crippen molar-refractivity contribution in [1.82, 2.24) is 9.97 Å². The molecule has 4 nitrogen and oxygen atoms in total. The van der Waals surface area contributed by atoms with Gasteiger partial charge in [0.15, 0.2) is 0 Å². The maximum atomic E-state index is 12.0. The topological polar surface area (TPSA) is 57.8 Å². The van der Waals surface area contributed by atoms with Gasteiger partial charge in [0.05, 0.1) is 5.69 Å². The van der Waals surface area contributed by atoms with Crippen molar-refractivity contribution >= 4 is 23.2 Å². The Hall–Kier alpha value is -1.81. The average molecular weight is 290 g/mol. The summed E-state index contributed by atoms with van der Waals surface area (Å²) >= 11 is 6.09. The maximum absolute atomic E-state index is 12.0. The molecule has 0 atom stereocenters. The molecular weight excluding hydrogens is 274 g/mol. The molecule has 0 radical (unpaired) electrons. The van der Waals surface area contributed by atoms with Gasteiger partial charge in [-0.1, -0.05) is 17.7 Å². The normalized spacial score (nSPS) is 13.9. The van der Waals surface area contributed by atoms with Crippen molar-refractivity contribution in [2.24, 2.45) is 0 Å². The fraction of sp³-hybridized carbons (Fsp3) is 0.333. The molecule has 1 aliphatic carbocycles. The molecule has 1 aromatic carbocycles. The number of nitrogens with zero attached hydrogens (tertiary/aromatic N) is 1. The van der Waals surface area contributed by atoms with Gasteiger partial charge in [-0.3, -0.25) is 9.78 Å². The van der Waals surface area contributed by atoms with Gasteiger partial charge in [-0.25, -0.2) is 4.98 Å². The summed E-state index contributed by atoms with van der Waals surface area (Å²) < 4.78 is 0. The van der Waals surface area contributed by atoms with Gasteiger partial charge in [0.2, 0.25) is 5.95 Å². The van der Waals surface area contributed by atoms with Crippen LogP contribution in [0.25, 0.3) is 0 Å². The highest BCUT2D eigenvalue weighted by Crippen LogP contribution is 2.22. The third kappa shape index (κ3) is 2.56. The first kappa shape index (κ1) is 13.2. The Bertz CT molecular complexity index is 709. The first-order chi connectivity index (χ1) is 9.63. The number of halogens is 1. The lowest BCUT2D eigenvalue weighted by Crippen LogP contribution is -2.22. The number of H-pyrrole nitrogens is 1. The summed E-state index contributed by atoms with van der Waals surface area (Å²) in [5.41, 5.74) is 3.56. The summed E-state index contributed by atoms with van der Waals surface area (Å²) in [6.45, 7) is 1.95. The molecule has 1 heterocycles. The van der Waals surface area contributed by atoms with E-state index >= 15 is 0 Å². The standard InChI is InChI=1S/C15H16ClN3O/c1-9-6-7-10(8-12(9)16)17-15-18-13-5-3-2-4-11(13)14(20)19-15/h6-8H,2-5H2,1H3,(H2,17,18,19,20). The second kappa shape index (κ2) is 5.29. The summed E-state index contributed by atoms with van der Waals surface area (Å²) in [6.07, 6.45) is 3.87. The van der Waals surface area contributed by atoms with Crippen LogP contribution in [0.15, 0.2) is 23.0 Å². The van der Waals surface area contributed by atoms with Crippen molar-refractivity contribution < 1.29 is 0 Å². The van der Waals surface area contributed by atoms with Crippen LogP contribution in [0.4, 0.5) is 11.6 Å². The molecule has 3 rings (SSSR count). The first-order valence-corrected chi connectivity index (χ1v) is 7.16. The van der Waals surface area contributed by atoms with Crippen LogP contribution in [0, 0.1) is 6.92 Å². The summed E-state index contributed by atoms with van der Waals surface area (Å²) in [4.78, 5) is 19.3. The van der Waals surface area contributed by atoms with E-state index in [1.54, 1.807) is 0 Å². The second-order valence-corrected chi connectivity index (χ2v) is 5.54. The van der Waals surface area contributed by atoms with Crippen LogP contribution < -0.4 is 10.9 Å². The minimum absolute atomic E-state index is 0.0320. The molecule has 2 aromatic rings. The van der Waals surface area contributed by atoms with Gasteiger partial charge in [0.1, 0.15) is 0 Å². The number of benzene rings is 1. The quantitative estimate of drug-likeness (QED) is 0.891. The maximum Gasteiger partial charge on any atom is 0.255 e. The smallest absolute Gasteiger partial charge is 0.255 e. The summed E-state index contributed by atoms with van der Waals surface area (Å²) in [5, 5.41) is 3.80. The predicted octanol–water partition coefficient (Wildman–Crippen LogP) is 3.35. The molecule has 0 fully saturated rings.